The van der Waals surface area contributed by atoms with Gasteiger partial charge >= 0.3 is 0 Å². The van der Waals surface area contributed by atoms with Crippen molar-refractivity contribution in [1.29, 1.82) is 0 Å². The summed E-state index contributed by atoms with van der Waals surface area (Å²) in [4.78, 5) is 12.4. The van der Waals surface area contributed by atoms with Crippen molar-refractivity contribution < 1.29 is 13.2 Å². The van der Waals surface area contributed by atoms with Crippen LogP contribution < -0.4 is 10.0 Å². The highest BCUT2D eigenvalue weighted by Gasteiger charge is 2.18. The molecule has 0 bridgehead atoms. The van der Waals surface area contributed by atoms with Crippen molar-refractivity contribution in [3.8, 4) is 0 Å². The average molecular weight is 397 g/mol. The second-order valence-electron chi connectivity index (χ2n) is 6.22. The Hall–Kier alpha value is -1.84. The lowest BCUT2D eigenvalue weighted by atomic mass is 10.2. The SMILES string of the molecule is CCCCCc1nnc(NC(=O)c2cccc(S(=O)(=O)NC(C)C)c2)s1. The van der Waals surface area contributed by atoms with Crippen LogP contribution in [-0.4, -0.2) is 30.6 Å². The molecule has 0 fully saturated rings. The van der Waals surface area contributed by atoms with Crippen LogP contribution in [0.15, 0.2) is 29.2 Å². The highest BCUT2D eigenvalue weighted by molar-refractivity contribution is 7.89. The third-order valence-corrected chi connectivity index (χ3v) is 6.03. The first-order valence-corrected chi connectivity index (χ1v) is 10.9. The van der Waals surface area contributed by atoms with E-state index in [0.717, 1.165) is 30.7 Å². The van der Waals surface area contributed by atoms with Crippen molar-refractivity contribution in [3.63, 3.8) is 0 Å². The molecular weight excluding hydrogens is 372 g/mol. The van der Waals surface area contributed by atoms with Gasteiger partial charge in [-0.3, -0.25) is 10.1 Å². The number of amides is 1. The van der Waals surface area contributed by atoms with Crippen molar-refractivity contribution in [2.75, 3.05) is 5.32 Å². The third-order valence-electron chi connectivity index (χ3n) is 3.48. The molecule has 1 aromatic carbocycles. The molecule has 2 aromatic rings. The summed E-state index contributed by atoms with van der Waals surface area (Å²) in [7, 11) is -3.65. The molecule has 0 saturated carbocycles. The lowest BCUT2D eigenvalue weighted by molar-refractivity contribution is 0.102. The fraction of sp³-hybridized carbons (Fsp3) is 0.471. The zero-order valence-electron chi connectivity index (χ0n) is 15.2. The summed E-state index contributed by atoms with van der Waals surface area (Å²) in [5.74, 6) is -0.414. The number of unbranched alkanes of at least 4 members (excludes halogenated alkanes) is 2. The van der Waals surface area contributed by atoms with E-state index >= 15 is 0 Å². The Morgan fingerprint density at radius 1 is 1.23 bits per heavy atom. The molecule has 142 valence electrons. The van der Waals surface area contributed by atoms with E-state index < -0.39 is 15.9 Å². The zero-order valence-corrected chi connectivity index (χ0v) is 16.8. The number of anilines is 1. The van der Waals surface area contributed by atoms with Gasteiger partial charge in [-0.2, -0.15) is 0 Å². The van der Waals surface area contributed by atoms with E-state index in [-0.39, 0.29) is 16.5 Å². The molecule has 2 N–H and O–H groups in total. The maximum atomic E-state index is 12.4. The molecule has 0 spiro atoms. The largest absolute Gasteiger partial charge is 0.296 e. The second-order valence-corrected chi connectivity index (χ2v) is 8.99. The third kappa shape index (κ3) is 5.86. The molecule has 1 aromatic heterocycles. The maximum absolute atomic E-state index is 12.4. The van der Waals surface area contributed by atoms with Crippen molar-refractivity contribution >= 4 is 32.4 Å². The molecule has 1 heterocycles. The summed E-state index contributed by atoms with van der Waals surface area (Å²) in [6.45, 7) is 5.61. The minimum Gasteiger partial charge on any atom is -0.296 e. The number of aryl methyl sites for hydroxylation is 1. The molecule has 7 nitrogen and oxygen atoms in total. The number of nitrogens with zero attached hydrogens (tertiary/aromatic N) is 2. The van der Waals surface area contributed by atoms with E-state index in [2.05, 4.69) is 27.2 Å². The molecule has 0 aliphatic rings. The van der Waals surface area contributed by atoms with Gasteiger partial charge in [-0.15, -0.1) is 10.2 Å². The van der Waals surface area contributed by atoms with Gasteiger partial charge in [-0.05, 0) is 38.5 Å². The Bertz CT molecular complexity index is 847. The molecule has 0 aliphatic carbocycles. The highest BCUT2D eigenvalue weighted by atomic mass is 32.2. The smallest absolute Gasteiger partial charge is 0.257 e. The molecule has 0 unspecified atom stereocenters. The van der Waals surface area contributed by atoms with E-state index in [4.69, 9.17) is 0 Å². The van der Waals surface area contributed by atoms with Crippen LogP contribution in [0.5, 0.6) is 0 Å². The summed E-state index contributed by atoms with van der Waals surface area (Å²) >= 11 is 1.34. The molecular formula is C17H24N4O3S2. The minimum atomic E-state index is -3.65. The molecule has 26 heavy (non-hydrogen) atoms. The molecule has 0 saturated heterocycles. The van der Waals surface area contributed by atoms with E-state index in [0.29, 0.717) is 5.13 Å². The Morgan fingerprint density at radius 3 is 2.69 bits per heavy atom. The standard InChI is InChI=1S/C17H24N4O3S2/c1-4-5-6-10-15-19-20-17(25-15)18-16(22)13-8-7-9-14(11-13)26(23,24)21-12(2)3/h7-9,11-12,21H,4-6,10H2,1-3H3,(H,18,20,22). The van der Waals surface area contributed by atoms with Crippen LogP contribution >= 0.6 is 11.3 Å². The van der Waals surface area contributed by atoms with Gasteiger partial charge in [0.1, 0.15) is 5.01 Å². The van der Waals surface area contributed by atoms with Gasteiger partial charge in [-0.25, -0.2) is 13.1 Å². The maximum Gasteiger partial charge on any atom is 0.257 e. The number of aromatic nitrogens is 2. The summed E-state index contributed by atoms with van der Waals surface area (Å²) in [6.07, 6.45) is 4.15. The Morgan fingerprint density at radius 2 is 2.00 bits per heavy atom. The first-order valence-electron chi connectivity index (χ1n) is 8.58. The predicted octanol–water partition coefficient (Wildman–Crippen LogP) is 3.21. The summed E-state index contributed by atoms with van der Waals surface area (Å²) < 4.78 is 27.0. The molecule has 0 aliphatic heterocycles. The minimum absolute atomic E-state index is 0.0522. The Labute approximate surface area is 158 Å². The number of sulfonamides is 1. The molecule has 9 heteroatoms. The van der Waals surface area contributed by atoms with Gasteiger partial charge in [-0.1, -0.05) is 37.2 Å². The van der Waals surface area contributed by atoms with Crippen molar-refractivity contribution in [2.24, 2.45) is 0 Å². The first kappa shape index (κ1) is 20.5. The van der Waals surface area contributed by atoms with Crippen molar-refractivity contribution in [3.05, 3.63) is 34.8 Å². The van der Waals surface area contributed by atoms with Crippen LogP contribution in [0.2, 0.25) is 0 Å². The first-order chi connectivity index (χ1) is 12.3. The fourth-order valence-electron chi connectivity index (χ4n) is 2.28. The number of benzene rings is 1. The number of carbonyl (C=O) groups is 1. The highest BCUT2D eigenvalue weighted by Crippen LogP contribution is 2.19. The monoisotopic (exact) mass is 396 g/mol. The topological polar surface area (TPSA) is 101 Å². The van der Waals surface area contributed by atoms with Crippen LogP contribution in [0.1, 0.15) is 55.4 Å². The average Bonchev–Trinajstić information content (AvgIpc) is 3.01. The summed E-state index contributed by atoms with van der Waals surface area (Å²) in [5.41, 5.74) is 0.249. The summed E-state index contributed by atoms with van der Waals surface area (Å²) in [6, 6.07) is 5.68. The van der Waals surface area contributed by atoms with E-state index in [1.807, 2.05) is 0 Å². The number of nitrogens with one attached hydrogen (secondary N) is 2. The van der Waals surface area contributed by atoms with Crippen LogP contribution in [0.4, 0.5) is 5.13 Å². The van der Waals surface area contributed by atoms with Gasteiger partial charge < -0.3 is 0 Å². The van der Waals surface area contributed by atoms with Gasteiger partial charge in [0.2, 0.25) is 15.2 Å². The number of rotatable bonds is 9. The van der Waals surface area contributed by atoms with Crippen molar-refractivity contribution in [1.82, 2.24) is 14.9 Å². The number of carbonyl (C=O) groups excluding carboxylic acids is 1. The lowest BCUT2D eigenvalue weighted by Crippen LogP contribution is -2.30. The fourth-order valence-corrected chi connectivity index (χ4v) is 4.36. The molecule has 0 atom stereocenters. The zero-order chi connectivity index (χ0) is 19.2. The van der Waals surface area contributed by atoms with Gasteiger partial charge in [0.05, 0.1) is 4.90 Å². The normalized spacial score (nSPS) is 11.7. The summed E-state index contributed by atoms with van der Waals surface area (Å²) in [5, 5.41) is 12.0. The van der Waals surface area contributed by atoms with Crippen molar-refractivity contribution in [2.45, 2.75) is 57.4 Å². The molecule has 2 rings (SSSR count). The van der Waals surface area contributed by atoms with E-state index in [1.54, 1.807) is 26.0 Å². The predicted molar refractivity (Wildman–Crippen MR) is 103 cm³/mol. The van der Waals surface area contributed by atoms with Crippen LogP contribution in [0.25, 0.3) is 0 Å². The Balaban J connectivity index is 2.07. The number of hydrogen-bond donors (Lipinski definition) is 2. The van der Waals surface area contributed by atoms with E-state index in [1.165, 1.54) is 23.5 Å². The van der Waals surface area contributed by atoms with Crippen LogP contribution in [0, 0.1) is 0 Å². The quantitative estimate of drug-likeness (QED) is 0.634. The Kier molecular flexibility index (Phi) is 7.24. The number of hydrogen-bond acceptors (Lipinski definition) is 6. The second kappa shape index (κ2) is 9.20. The van der Waals surface area contributed by atoms with Gasteiger partial charge in [0, 0.05) is 18.0 Å². The van der Waals surface area contributed by atoms with Crippen LogP contribution in [-0.2, 0) is 16.4 Å². The van der Waals surface area contributed by atoms with Crippen LogP contribution in [0.3, 0.4) is 0 Å². The lowest BCUT2D eigenvalue weighted by Gasteiger charge is -2.10. The van der Waals surface area contributed by atoms with E-state index in [9.17, 15) is 13.2 Å². The van der Waals surface area contributed by atoms with Gasteiger partial charge in [0.25, 0.3) is 5.91 Å². The molecule has 1 amide bonds. The molecule has 0 radical (unpaired) electrons. The van der Waals surface area contributed by atoms with Gasteiger partial charge in [0.15, 0.2) is 0 Å².